The van der Waals surface area contributed by atoms with E-state index in [1.54, 1.807) is 20.8 Å². The molecular weight excluding hydrogens is 246 g/mol. The first-order valence-electron chi connectivity index (χ1n) is 7.38. The summed E-state index contributed by atoms with van der Waals surface area (Å²) >= 11 is 0. The minimum absolute atomic E-state index is 0.134. The SMILES string of the molecule is C=C(CCCCCCCC)C(F)(F)C(O)C(C)(C)C. The molecule has 0 heterocycles. The van der Waals surface area contributed by atoms with E-state index in [0.29, 0.717) is 6.42 Å². The number of hydrogen-bond donors (Lipinski definition) is 1. The maximum absolute atomic E-state index is 14.0. The molecule has 0 bridgehead atoms. The van der Waals surface area contributed by atoms with Gasteiger partial charge in [-0.05, 0) is 23.8 Å². The van der Waals surface area contributed by atoms with E-state index in [4.69, 9.17) is 0 Å². The fraction of sp³-hybridized carbons (Fsp3) is 0.875. The van der Waals surface area contributed by atoms with Gasteiger partial charge in [-0.25, -0.2) is 0 Å². The third kappa shape index (κ3) is 6.51. The van der Waals surface area contributed by atoms with Crippen LogP contribution in [0.3, 0.4) is 0 Å². The Labute approximate surface area is 117 Å². The van der Waals surface area contributed by atoms with Crippen molar-refractivity contribution in [2.24, 2.45) is 5.41 Å². The average molecular weight is 276 g/mol. The van der Waals surface area contributed by atoms with Crippen LogP contribution in [0.1, 0.15) is 72.6 Å². The Hall–Kier alpha value is -0.440. The molecule has 0 aliphatic carbocycles. The smallest absolute Gasteiger partial charge is 0.294 e. The molecule has 1 nitrogen and oxygen atoms in total. The van der Waals surface area contributed by atoms with E-state index >= 15 is 0 Å². The zero-order valence-electron chi connectivity index (χ0n) is 12.9. The summed E-state index contributed by atoms with van der Waals surface area (Å²) < 4.78 is 28.0. The highest BCUT2D eigenvalue weighted by atomic mass is 19.3. The molecule has 0 aromatic heterocycles. The Bertz CT molecular complexity index is 266. The molecule has 0 amide bonds. The van der Waals surface area contributed by atoms with Gasteiger partial charge in [-0.3, -0.25) is 0 Å². The lowest BCUT2D eigenvalue weighted by molar-refractivity contribution is -0.125. The lowest BCUT2D eigenvalue weighted by atomic mass is 9.82. The lowest BCUT2D eigenvalue weighted by Crippen LogP contribution is -2.44. The minimum atomic E-state index is -3.19. The van der Waals surface area contributed by atoms with Crippen LogP contribution in [0, 0.1) is 5.41 Å². The first kappa shape index (κ1) is 18.6. The van der Waals surface area contributed by atoms with Crippen molar-refractivity contribution in [2.75, 3.05) is 0 Å². The van der Waals surface area contributed by atoms with E-state index in [9.17, 15) is 13.9 Å². The monoisotopic (exact) mass is 276 g/mol. The minimum Gasteiger partial charge on any atom is -0.386 e. The number of halogens is 2. The standard InChI is InChI=1S/C16H30F2O/c1-6-7-8-9-10-11-12-13(2)16(17,18)14(19)15(3,4)5/h14,19H,2,6-12H2,1,3-5H3. The number of rotatable bonds is 9. The van der Waals surface area contributed by atoms with Gasteiger partial charge in [0.15, 0.2) is 0 Å². The molecular formula is C16H30F2O. The van der Waals surface area contributed by atoms with Gasteiger partial charge in [0, 0.05) is 0 Å². The molecule has 114 valence electrons. The van der Waals surface area contributed by atoms with E-state index in [-0.39, 0.29) is 5.57 Å². The van der Waals surface area contributed by atoms with Crippen molar-refractivity contribution < 1.29 is 13.9 Å². The predicted octanol–water partition coefficient (Wildman–Crippen LogP) is 5.34. The van der Waals surface area contributed by atoms with Gasteiger partial charge in [0.2, 0.25) is 0 Å². The highest BCUT2D eigenvalue weighted by Gasteiger charge is 2.46. The molecule has 0 spiro atoms. The zero-order chi connectivity index (χ0) is 15.1. The summed E-state index contributed by atoms with van der Waals surface area (Å²) in [6.07, 6.45) is 4.97. The maximum Gasteiger partial charge on any atom is 0.294 e. The summed E-state index contributed by atoms with van der Waals surface area (Å²) in [7, 11) is 0. The van der Waals surface area contributed by atoms with E-state index in [1.165, 1.54) is 19.3 Å². The van der Waals surface area contributed by atoms with Gasteiger partial charge in [0.1, 0.15) is 6.10 Å². The van der Waals surface area contributed by atoms with Gasteiger partial charge in [0.05, 0.1) is 0 Å². The Morgan fingerprint density at radius 2 is 1.53 bits per heavy atom. The fourth-order valence-corrected chi connectivity index (χ4v) is 2.02. The number of aliphatic hydroxyl groups is 1. The van der Waals surface area contributed by atoms with Crippen molar-refractivity contribution in [3.63, 3.8) is 0 Å². The van der Waals surface area contributed by atoms with Crippen LogP contribution in [0.2, 0.25) is 0 Å². The summed E-state index contributed by atoms with van der Waals surface area (Å²) in [4.78, 5) is 0. The largest absolute Gasteiger partial charge is 0.386 e. The first-order valence-corrected chi connectivity index (χ1v) is 7.38. The van der Waals surface area contributed by atoms with Crippen LogP contribution in [-0.2, 0) is 0 Å². The van der Waals surface area contributed by atoms with Gasteiger partial charge in [-0.15, -0.1) is 0 Å². The summed E-state index contributed by atoms with van der Waals surface area (Å²) in [6, 6.07) is 0. The Morgan fingerprint density at radius 1 is 1.05 bits per heavy atom. The Kier molecular flexibility index (Phi) is 7.80. The predicted molar refractivity (Wildman–Crippen MR) is 77.5 cm³/mol. The molecule has 3 heteroatoms. The molecule has 0 aromatic rings. The van der Waals surface area contributed by atoms with Gasteiger partial charge >= 0.3 is 0 Å². The van der Waals surface area contributed by atoms with Gasteiger partial charge in [0.25, 0.3) is 5.92 Å². The van der Waals surface area contributed by atoms with Crippen LogP contribution >= 0.6 is 0 Å². The van der Waals surface area contributed by atoms with Crippen molar-refractivity contribution in [2.45, 2.75) is 84.7 Å². The summed E-state index contributed by atoms with van der Waals surface area (Å²) in [6.45, 7) is 10.5. The number of hydrogen-bond acceptors (Lipinski definition) is 1. The third-order valence-electron chi connectivity index (χ3n) is 3.47. The highest BCUT2D eigenvalue weighted by molar-refractivity contribution is 5.12. The lowest BCUT2D eigenvalue weighted by Gasteiger charge is -2.33. The van der Waals surface area contributed by atoms with E-state index in [0.717, 1.165) is 19.3 Å². The molecule has 1 unspecified atom stereocenters. The van der Waals surface area contributed by atoms with Gasteiger partial charge < -0.3 is 5.11 Å². The molecule has 0 aromatic carbocycles. The van der Waals surface area contributed by atoms with Crippen LogP contribution < -0.4 is 0 Å². The van der Waals surface area contributed by atoms with Crippen molar-refractivity contribution in [3.05, 3.63) is 12.2 Å². The van der Waals surface area contributed by atoms with Crippen LogP contribution in [0.5, 0.6) is 0 Å². The second-order valence-corrected chi connectivity index (χ2v) is 6.51. The summed E-state index contributed by atoms with van der Waals surface area (Å²) in [5.41, 5.74) is -0.974. The Balaban J connectivity index is 4.12. The van der Waals surface area contributed by atoms with Gasteiger partial charge in [-0.2, -0.15) is 8.78 Å². The topological polar surface area (TPSA) is 20.2 Å². The average Bonchev–Trinajstić information content (AvgIpc) is 2.31. The molecule has 0 aliphatic heterocycles. The molecule has 0 aliphatic rings. The van der Waals surface area contributed by atoms with Crippen molar-refractivity contribution >= 4 is 0 Å². The van der Waals surface area contributed by atoms with Crippen LogP contribution in [-0.4, -0.2) is 17.1 Å². The quantitative estimate of drug-likeness (QED) is 0.445. The molecule has 0 saturated carbocycles. The molecule has 0 radical (unpaired) electrons. The van der Waals surface area contributed by atoms with Crippen LogP contribution in [0.25, 0.3) is 0 Å². The summed E-state index contributed by atoms with van der Waals surface area (Å²) in [5, 5.41) is 9.75. The maximum atomic E-state index is 14.0. The van der Waals surface area contributed by atoms with E-state index < -0.39 is 17.4 Å². The van der Waals surface area contributed by atoms with E-state index in [2.05, 4.69) is 13.5 Å². The van der Waals surface area contributed by atoms with E-state index in [1.807, 2.05) is 0 Å². The number of alkyl halides is 2. The molecule has 0 fully saturated rings. The number of unbranched alkanes of at least 4 members (excludes halogenated alkanes) is 5. The zero-order valence-corrected chi connectivity index (χ0v) is 12.9. The van der Waals surface area contributed by atoms with Crippen LogP contribution in [0.4, 0.5) is 8.78 Å². The third-order valence-corrected chi connectivity index (χ3v) is 3.47. The molecule has 0 saturated heterocycles. The second kappa shape index (κ2) is 7.98. The normalized spacial score (nSPS) is 14.5. The van der Waals surface area contributed by atoms with Crippen LogP contribution in [0.15, 0.2) is 12.2 Å². The fourth-order valence-electron chi connectivity index (χ4n) is 2.02. The Morgan fingerprint density at radius 3 is 2.00 bits per heavy atom. The molecule has 0 rings (SSSR count). The van der Waals surface area contributed by atoms with Crippen molar-refractivity contribution in [1.29, 1.82) is 0 Å². The molecule has 19 heavy (non-hydrogen) atoms. The van der Waals surface area contributed by atoms with Crippen molar-refractivity contribution in [3.8, 4) is 0 Å². The molecule has 1 atom stereocenters. The molecule has 1 N–H and O–H groups in total. The highest BCUT2D eigenvalue weighted by Crippen LogP contribution is 2.38. The van der Waals surface area contributed by atoms with Gasteiger partial charge in [-0.1, -0.05) is 66.4 Å². The van der Waals surface area contributed by atoms with Crippen molar-refractivity contribution in [1.82, 2.24) is 0 Å². The number of aliphatic hydroxyl groups excluding tert-OH is 1. The second-order valence-electron chi connectivity index (χ2n) is 6.51. The summed E-state index contributed by atoms with van der Waals surface area (Å²) in [5.74, 6) is -3.19. The first-order chi connectivity index (χ1) is 8.64.